The molecule has 1 aromatic heterocycles. The second-order valence-electron chi connectivity index (χ2n) is 13.8. The highest BCUT2D eigenvalue weighted by molar-refractivity contribution is 7.09. The van der Waals surface area contributed by atoms with Crippen LogP contribution in [0.4, 0.5) is 5.13 Å². The van der Waals surface area contributed by atoms with Gasteiger partial charge < -0.3 is 46.2 Å². The summed E-state index contributed by atoms with van der Waals surface area (Å²) < 4.78 is 3.94. The largest absolute Gasteiger partial charge is 0.504 e. The molecule has 1 saturated heterocycles. The fourth-order valence-corrected chi connectivity index (χ4v) is 7.84. The third kappa shape index (κ3) is 6.06. The van der Waals surface area contributed by atoms with Crippen molar-refractivity contribution in [2.45, 2.75) is 69.4 Å². The number of hydrogen-bond donors (Lipinski definition) is 7. The van der Waals surface area contributed by atoms with Crippen molar-refractivity contribution in [3.63, 3.8) is 0 Å². The van der Waals surface area contributed by atoms with E-state index >= 15 is 0 Å². The van der Waals surface area contributed by atoms with Gasteiger partial charge in [0.1, 0.15) is 25.0 Å². The van der Waals surface area contributed by atoms with E-state index in [4.69, 9.17) is 15.4 Å². The summed E-state index contributed by atoms with van der Waals surface area (Å²) in [4.78, 5) is 105. The number of phenols is 2. The topological polar surface area (TPSA) is 322 Å². The lowest BCUT2D eigenvalue weighted by molar-refractivity contribution is -0.261. The molecule has 3 fully saturated rings. The van der Waals surface area contributed by atoms with Crippen LogP contribution in [0.2, 0.25) is 0 Å². The first-order chi connectivity index (χ1) is 24.8. The Morgan fingerprint density at radius 1 is 1.13 bits per heavy atom. The van der Waals surface area contributed by atoms with Gasteiger partial charge >= 0.3 is 11.9 Å². The van der Waals surface area contributed by atoms with Crippen LogP contribution in [0, 0.1) is 17.3 Å². The van der Waals surface area contributed by atoms with Crippen molar-refractivity contribution in [1.29, 1.82) is 0 Å². The number of aromatic hydroxyl groups is 2. The molecule has 21 nitrogen and oxygen atoms in total. The van der Waals surface area contributed by atoms with E-state index < -0.39 is 100 Å². The Bertz CT molecular complexity index is 1930. The number of hydroxylamine groups is 2. The maximum atomic E-state index is 13.6. The summed E-state index contributed by atoms with van der Waals surface area (Å²) in [6.07, 6.45) is 0.403. The Balaban J connectivity index is 1.22. The normalized spacial score (nSPS) is 26.6. The SMILES string of the molecule is CC1(C)C2CCC1CC(O/N=C(\C(=O)N[C@H]1CON(C(O)(CC(C=O)N3C(=O)c4cc(O)c(O)cc4C3=O)C(=O)O)C1=O)c1nsc(N)n1)(C(=O)O)C2. The summed E-state index contributed by atoms with van der Waals surface area (Å²) in [6.45, 7) is 3.34. The molecule has 4 unspecified atom stereocenters. The average molecular weight is 760 g/mol. The minimum Gasteiger partial charge on any atom is -0.504 e. The maximum Gasteiger partial charge on any atom is 0.359 e. The van der Waals surface area contributed by atoms with Gasteiger partial charge in [0.2, 0.25) is 17.1 Å². The number of aromatic nitrogens is 2. The molecular weight excluding hydrogens is 726 g/mol. The molecule has 5 atom stereocenters. The number of carboxylic acids is 2. The monoisotopic (exact) mass is 759 g/mol. The number of nitrogens with zero attached hydrogens (tertiary/aromatic N) is 5. The summed E-state index contributed by atoms with van der Waals surface area (Å²) >= 11 is 0.674. The first kappa shape index (κ1) is 37.0. The van der Waals surface area contributed by atoms with Gasteiger partial charge in [-0.3, -0.25) is 28.9 Å². The molecule has 2 saturated carbocycles. The molecule has 8 N–H and O–H groups in total. The Morgan fingerprint density at radius 2 is 1.72 bits per heavy atom. The number of aldehydes is 1. The van der Waals surface area contributed by atoms with Crippen LogP contribution in [-0.2, 0) is 33.6 Å². The molecule has 2 aliphatic heterocycles. The van der Waals surface area contributed by atoms with Crippen molar-refractivity contribution in [1.82, 2.24) is 24.6 Å². The Hall–Kier alpha value is -5.74. The van der Waals surface area contributed by atoms with E-state index in [0.29, 0.717) is 11.5 Å². The van der Waals surface area contributed by atoms with Gasteiger partial charge in [0.15, 0.2) is 16.6 Å². The predicted molar refractivity (Wildman–Crippen MR) is 174 cm³/mol. The summed E-state index contributed by atoms with van der Waals surface area (Å²) in [5.74, 6) is -10.3. The number of phenolic OH excluding ortho intramolecular Hbond substituents is 2. The van der Waals surface area contributed by atoms with Gasteiger partial charge in [0.25, 0.3) is 29.4 Å². The molecule has 4 aliphatic rings. The number of hydrogen-bond acceptors (Lipinski definition) is 17. The molecule has 2 aromatic rings. The summed E-state index contributed by atoms with van der Waals surface area (Å²) in [5.41, 5.74) is -1.21. The van der Waals surface area contributed by atoms with Crippen LogP contribution in [0.1, 0.15) is 72.5 Å². The van der Waals surface area contributed by atoms with Crippen LogP contribution in [0.3, 0.4) is 0 Å². The minimum atomic E-state index is -3.42. The van der Waals surface area contributed by atoms with Crippen LogP contribution < -0.4 is 11.1 Å². The van der Waals surface area contributed by atoms with Gasteiger partial charge in [-0.1, -0.05) is 19.0 Å². The predicted octanol–water partition coefficient (Wildman–Crippen LogP) is -0.793. The number of carboxylic acid groups (broad SMARTS) is 2. The number of oxime groups is 1. The molecule has 3 heterocycles. The smallest absolute Gasteiger partial charge is 0.359 e. The number of benzene rings is 1. The van der Waals surface area contributed by atoms with Gasteiger partial charge in [0.05, 0.1) is 11.1 Å². The molecule has 0 radical (unpaired) electrons. The number of imide groups is 1. The minimum absolute atomic E-state index is 0.0114. The lowest BCUT2D eigenvalue weighted by atomic mass is 9.63. The fraction of sp³-hybridized carbons (Fsp3) is 0.484. The summed E-state index contributed by atoms with van der Waals surface area (Å²) in [7, 11) is 0. The molecule has 2 aliphatic carbocycles. The zero-order valence-corrected chi connectivity index (χ0v) is 28.7. The summed E-state index contributed by atoms with van der Waals surface area (Å²) in [6, 6.07) is -2.24. The van der Waals surface area contributed by atoms with E-state index in [-0.39, 0.29) is 57.3 Å². The number of nitrogens with two attached hydrogens (primary N) is 1. The maximum absolute atomic E-state index is 13.6. The number of amides is 4. The third-order valence-corrected chi connectivity index (χ3v) is 11.1. The standard InChI is InChI=1S/C31H33N7O14S/c1-29(2)12-3-4-13(29)8-30(7-12,26(46)47)52-35-20(21-34-28(32)53-36-21)22(42)33-17-11-51-38(25(17)45)31(50,27(48)49)9-14(10-39)37-23(43)15-5-18(40)19(41)6-16(15)24(37)44/h5-6,10,12-14,17,40-41,50H,3-4,7-9,11H2,1-2H3,(H,33,42)(H,46,47)(H,48,49)(H2,32,34,36)/b35-20-/t12?,13?,14?,17-,30?,31?/m0/s1. The third-order valence-electron chi connectivity index (χ3n) is 10.5. The number of nitrogen functional groups attached to an aromatic ring is 1. The number of rotatable bonds is 12. The molecule has 2 bridgehead atoms. The van der Waals surface area contributed by atoms with Gasteiger partial charge in [-0.2, -0.15) is 14.4 Å². The van der Waals surface area contributed by atoms with E-state index in [1.807, 2.05) is 0 Å². The highest BCUT2D eigenvalue weighted by Crippen LogP contribution is 2.58. The van der Waals surface area contributed by atoms with Gasteiger partial charge in [-0.15, -0.1) is 0 Å². The number of fused-ring (bicyclic) bond motifs is 3. The van der Waals surface area contributed by atoms with E-state index in [2.05, 4.69) is 33.7 Å². The Morgan fingerprint density at radius 3 is 2.21 bits per heavy atom. The zero-order valence-electron chi connectivity index (χ0n) is 27.9. The molecule has 1 aromatic carbocycles. The first-order valence-corrected chi connectivity index (χ1v) is 16.8. The number of aliphatic carboxylic acids is 2. The van der Waals surface area contributed by atoms with Crippen molar-refractivity contribution in [3.8, 4) is 11.5 Å². The highest BCUT2D eigenvalue weighted by atomic mass is 32.1. The molecule has 4 amide bonds. The number of carbonyl (C=O) groups is 7. The van der Waals surface area contributed by atoms with Gasteiger partial charge in [-0.05, 0) is 42.2 Å². The van der Waals surface area contributed by atoms with Crippen molar-refractivity contribution in [2.24, 2.45) is 22.4 Å². The quantitative estimate of drug-likeness (QED) is 0.0458. The number of anilines is 1. The van der Waals surface area contributed by atoms with Crippen LogP contribution in [0.25, 0.3) is 0 Å². The number of nitrogens with one attached hydrogen (secondary N) is 1. The van der Waals surface area contributed by atoms with E-state index in [1.165, 1.54) is 0 Å². The van der Waals surface area contributed by atoms with Gasteiger partial charge in [-0.25, -0.2) is 9.59 Å². The molecular formula is C31H33N7O14S. The lowest BCUT2D eigenvalue weighted by Crippen LogP contribution is -2.60. The summed E-state index contributed by atoms with van der Waals surface area (Å²) in [5, 5.41) is 57.1. The van der Waals surface area contributed by atoms with Crippen LogP contribution in [-0.4, -0.2) is 122 Å². The lowest BCUT2D eigenvalue weighted by Gasteiger charge is -2.44. The number of aliphatic hydroxyl groups is 1. The van der Waals surface area contributed by atoms with E-state index in [0.717, 1.165) is 25.0 Å². The van der Waals surface area contributed by atoms with Crippen LogP contribution in [0.5, 0.6) is 11.5 Å². The Kier molecular flexibility index (Phi) is 9.11. The van der Waals surface area contributed by atoms with E-state index in [9.17, 15) is 59.1 Å². The average Bonchev–Trinajstić information content (AvgIpc) is 3.77. The highest BCUT2D eigenvalue weighted by Gasteiger charge is 2.59. The van der Waals surface area contributed by atoms with Crippen molar-refractivity contribution < 1.29 is 68.8 Å². The molecule has 22 heteroatoms. The van der Waals surface area contributed by atoms with Crippen LogP contribution >= 0.6 is 11.5 Å². The van der Waals surface area contributed by atoms with E-state index in [1.54, 1.807) is 0 Å². The first-order valence-electron chi connectivity index (χ1n) is 16.1. The van der Waals surface area contributed by atoms with Crippen molar-refractivity contribution in [2.75, 3.05) is 12.3 Å². The molecule has 53 heavy (non-hydrogen) atoms. The number of carbonyl (C=O) groups excluding carboxylic acids is 5. The van der Waals surface area contributed by atoms with Crippen molar-refractivity contribution in [3.05, 3.63) is 29.1 Å². The zero-order chi connectivity index (χ0) is 38.8. The van der Waals surface area contributed by atoms with Crippen molar-refractivity contribution >= 4 is 64.2 Å². The molecule has 282 valence electrons. The Labute approximate surface area is 302 Å². The molecule has 6 rings (SSSR count). The molecule has 0 spiro atoms. The fourth-order valence-electron chi connectivity index (χ4n) is 7.40. The van der Waals surface area contributed by atoms with Crippen LogP contribution in [0.15, 0.2) is 17.3 Å². The second kappa shape index (κ2) is 13.0. The second-order valence-corrected chi connectivity index (χ2v) is 14.6. The van der Waals surface area contributed by atoms with Gasteiger partial charge in [0, 0.05) is 30.8 Å².